The van der Waals surface area contributed by atoms with Crippen molar-refractivity contribution in [1.29, 1.82) is 0 Å². The number of nitrogens with one attached hydrogen (secondary N) is 1. The molecule has 3 nitrogen and oxygen atoms in total. The van der Waals surface area contributed by atoms with Gasteiger partial charge in [-0.1, -0.05) is 56.6 Å². The number of carbonyl (C=O) groups excluding carboxylic acids is 1. The molecule has 0 fully saturated rings. The fraction of sp³-hybridized carbons (Fsp3) is 0.222. The molecule has 0 aliphatic rings. The van der Waals surface area contributed by atoms with E-state index in [0.717, 1.165) is 5.56 Å². The van der Waals surface area contributed by atoms with Crippen molar-refractivity contribution in [3.8, 4) is 0 Å². The second-order valence-corrected chi connectivity index (χ2v) is 6.17. The quantitative estimate of drug-likeness (QED) is 0.697. The van der Waals surface area contributed by atoms with Crippen molar-refractivity contribution >= 4 is 31.1 Å². The number of carbonyl (C=O) groups is 1. The Morgan fingerprint density at radius 1 is 1.14 bits per heavy atom. The van der Waals surface area contributed by atoms with E-state index in [-0.39, 0.29) is 11.3 Å². The second kappa shape index (κ2) is 6.61. The molecule has 2 radical (unpaired) electrons. The predicted octanol–water partition coefficient (Wildman–Crippen LogP) is 2.82. The lowest BCUT2D eigenvalue weighted by molar-refractivity contribution is -0.111. The molecule has 0 saturated heterocycles. The number of benzene rings is 1. The van der Waals surface area contributed by atoms with Gasteiger partial charge in [-0.05, 0) is 28.7 Å². The van der Waals surface area contributed by atoms with E-state index in [4.69, 9.17) is 7.85 Å². The summed E-state index contributed by atoms with van der Waals surface area (Å²) in [6.07, 6.45) is 4.77. The molecule has 0 aliphatic carbocycles. The van der Waals surface area contributed by atoms with Crippen LogP contribution in [0, 0.1) is 0 Å². The van der Waals surface area contributed by atoms with Crippen LogP contribution in [0.25, 0.3) is 6.08 Å². The van der Waals surface area contributed by atoms with E-state index < -0.39 is 0 Å². The average Bonchev–Trinajstić information content (AvgIpc) is 2.47. The van der Waals surface area contributed by atoms with Crippen LogP contribution in [0.15, 0.2) is 48.7 Å². The van der Waals surface area contributed by atoms with E-state index in [9.17, 15) is 4.79 Å². The van der Waals surface area contributed by atoms with Crippen LogP contribution in [-0.4, -0.2) is 18.7 Å². The van der Waals surface area contributed by atoms with E-state index in [1.807, 2.05) is 12.1 Å². The number of hydrogen-bond acceptors (Lipinski definition) is 2. The number of amides is 1. The van der Waals surface area contributed by atoms with Crippen LogP contribution in [0.3, 0.4) is 0 Å². The number of nitrogens with zero attached hydrogens (tertiary/aromatic N) is 1. The third kappa shape index (κ3) is 4.59. The molecule has 0 spiro atoms. The zero-order chi connectivity index (χ0) is 16.2. The lowest BCUT2D eigenvalue weighted by Gasteiger charge is -2.18. The van der Waals surface area contributed by atoms with Crippen molar-refractivity contribution in [2.75, 3.05) is 5.32 Å². The molecule has 0 atom stereocenters. The molecular weight excluding hydrogens is 271 g/mol. The van der Waals surface area contributed by atoms with Crippen molar-refractivity contribution in [1.82, 2.24) is 4.98 Å². The molecule has 22 heavy (non-hydrogen) atoms. The fourth-order valence-corrected chi connectivity index (χ4v) is 1.91. The molecule has 0 saturated carbocycles. The number of pyridine rings is 1. The largest absolute Gasteiger partial charge is 0.307 e. The summed E-state index contributed by atoms with van der Waals surface area (Å²) in [4.78, 5) is 15.8. The number of aromatic nitrogens is 1. The highest BCUT2D eigenvalue weighted by Gasteiger charge is 2.12. The minimum absolute atomic E-state index is 0.125. The predicted molar refractivity (Wildman–Crippen MR) is 92.4 cm³/mol. The summed E-state index contributed by atoms with van der Waals surface area (Å²) >= 11 is 0. The van der Waals surface area contributed by atoms with Crippen LogP contribution < -0.4 is 10.8 Å². The van der Waals surface area contributed by atoms with Crippen LogP contribution in [0.5, 0.6) is 0 Å². The van der Waals surface area contributed by atoms with Gasteiger partial charge in [-0.25, -0.2) is 4.98 Å². The maximum absolute atomic E-state index is 11.8. The first kappa shape index (κ1) is 16.0. The molecule has 2 rings (SSSR count). The molecule has 0 aliphatic heterocycles. The lowest BCUT2D eigenvalue weighted by Crippen LogP contribution is -2.11. The van der Waals surface area contributed by atoms with Crippen LogP contribution in [0.4, 0.5) is 5.82 Å². The zero-order valence-corrected chi connectivity index (χ0v) is 13.1. The third-order valence-corrected chi connectivity index (χ3v) is 3.24. The molecule has 1 N–H and O–H groups in total. The number of rotatable bonds is 3. The highest BCUT2D eigenvalue weighted by atomic mass is 16.1. The van der Waals surface area contributed by atoms with Gasteiger partial charge >= 0.3 is 0 Å². The molecule has 1 heterocycles. The topological polar surface area (TPSA) is 42.0 Å². The first-order valence-corrected chi connectivity index (χ1v) is 7.16. The maximum Gasteiger partial charge on any atom is 0.249 e. The number of anilines is 1. The van der Waals surface area contributed by atoms with Gasteiger partial charge in [-0.3, -0.25) is 4.79 Å². The zero-order valence-electron chi connectivity index (χ0n) is 13.1. The Balaban J connectivity index is 1.99. The summed E-state index contributed by atoms with van der Waals surface area (Å²) in [5, 5.41) is 2.68. The molecule has 1 aromatic carbocycles. The molecule has 110 valence electrons. The van der Waals surface area contributed by atoms with Gasteiger partial charge in [0.25, 0.3) is 0 Å². The Morgan fingerprint density at radius 2 is 1.82 bits per heavy atom. The van der Waals surface area contributed by atoms with E-state index in [2.05, 4.69) is 43.2 Å². The normalized spacial score (nSPS) is 11.6. The van der Waals surface area contributed by atoms with Crippen LogP contribution in [0.2, 0.25) is 0 Å². The summed E-state index contributed by atoms with van der Waals surface area (Å²) in [6, 6.07) is 11.5. The summed E-state index contributed by atoms with van der Waals surface area (Å²) in [5.41, 5.74) is 2.93. The Bertz CT molecular complexity index is 668. The van der Waals surface area contributed by atoms with Crippen molar-refractivity contribution in [3.05, 3.63) is 59.8 Å². The van der Waals surface area contributed by atoms with Gasteiger partial charge in [0.15, 0.2) is 0 Å². The molecule has 1 aromatic heterocycles. The highest BCUT2D eigenvalue weighted by Crippen LogP contribution is 2.22. The van der Waals surface area contributed by atoms with Crippen molar-refractivity contribution in [2.45, 2.75) is 26.2 Å². The van der Waals surface area contributed by atoms with Gasteiger partial charge in [-0.2, -0.15) is 0 Å². The Kier molecular flexibility index (Phi) is 4.81. The number of hydrogen-bond donors (Lipinski definition) is 1. The van der Waals surface area contributed by atoms with Gasteiger partial charge in [-0.15, -0.1) is 0 Å². The third-order valence-electron chi connectivity index (χ3n) is 3.24. The minimum Gasteiger partial charge on any atom is -0.307 e. The van der Waals surface area contributed by atoms with Crippen LogP contribution in [0.1, 0.15) is 31.9 Å². The monoisotopic (exact) mass is 290 g/mol. The molecular formula is C18H19BN2O. The smallest absolute Gasteiger partial charge is 0.249 e. The molecule has 0 unspecified atom stereocenters. The van der Waals surface area contributed by atoms with Crippen molar-refractivity contribution in [3.63, 3.8) is 0 Å². The van der Waals surface area contributed by atoms with Crippen molar-refractivity contribution in [2.24, 2.45) is 0 Å². The first-order valence-electron chi connectivity index (χ1n) is 7.16. The van der Waals surface area contributed by atoms with Gasteiger partial charge in [0.2, 0.25) is 5.91 Å². The van der Waals surface area contributed by atoms with Gasteiger partial charge in [0, 0.05) is 12.3 Å². The average molecular weight is 290 g/mol. The van der Waals surface area contributed by atoms with E-state index in [0.29, 0.717) is 11.3 Å². The Morgan fingerprint density at radius 3 is 2.36 bits per heavy atom. The van der Waals surface area contributed by atoms with Gasteiger partial charge < -0.3 is 5.32 Å². The molecule has 0 bridgehead atoms. The van der Waals surface area contributed by atoms with E-state index in [1.54, 1.807) is 18.2 Å². The van der Waals surface area contributed by atoms with Crippen molar-refractivity contribution < 1.29 is 4.79 Å². The lowest BCUT2D eigenvalue weighted by atomic mass is 9.87. The summed E-state index contributed by atoms with van der Waals surface area (Å²) in [5.74, 6) is 0.254. The summed E-state index contributed by atoms with van der Waals surface area (Å²) in [6.45, 7) is 6.51. The minimum atomic E-state index is -0.225. The molecule has 1 amide bonds. The Hall–Kier alpha value is -2.36. The molecule has 4 heteroatoms. The summed E-state index contributed by atoms with van der Waals surface area (Å²) in [7, 11) is 5.55. The standard InChI is InChI=1S/C18H19BN2O/c1-18(2,3)14-7-4-13(5-8-14)6-11-17(22)21-16-10-9-15(19)12-20-16/h4-12H,1-3H3,(H,20,21,22)/b11-6+. The fourth-order valence-electron chi connectivity index (χ4n) is 1.91. The first-order chi connectivity index (χ1) is 10.3. The second-order valence-electron chi connectivity index (χ2n) is 6.17. The van der Waals surface area contributed by atoms with E-state index >= 15 is 0 Å². The Labute approximate surface area is 132 Å². The van der Waals surface area contributed by atoms with Crippen LogP contribution in [-0.2, 0) is 10.2 Å². The van der Waals surface area contributed by atoms with E-state index in [1.165, 1.54) is 17.8 Å². The van der Waals surface area contributed by atoms with Gasteiger partial charge in [0.05, 0.1) is 0 Å². The highest BCUT2D eigenvalue weighted by molar-refractivity contribution is 6.32. The van der Waals surface area contributed by atoms with Crippen LogP contribution >= 0.6 is 0 Å². The maximum atomic E-state index is 11.8. The SMILES string of the molecule is [B]c1ccc(NC(=O)/C=C/c2ccc(C(C)(C)C)cc2)nc1. The summed E-state index contributed by atoms with van der Waals surface area (Å²) < 4.78 is 0. The van der Waals surface area contributed by atoms with Gasteiger partial charge in [0.1, 0.15) is 13.7 Å². The molecule has 2 aromatic rings.